The lowest BCUT2D eigenvalue weighted by molar-refractivity contribution is 0.0545. The minimum atomic E-state index is -0.517. The standard InChI is InChI=1S/C30H30N8O/c1-21(30(39)22-6-4-3-5-7-22)36-10-12-37(13-11-36)28-9-8-23(16-32-28)27-14-24(26-18-33-35(2)19-26)20-38-29(27)25(15-31)17-34-38/h3-9,14,16-21,30,39H,10-13H2,1-2H3/t21-,30+/m1/s1. The fourth-order valence-corrected chi connectivity index (χ4v) is 5.37. The maximum absolute atomic E-state index is 10.9. The predicted octanol–water partition coefficient (Wildman–Crippen LogP) is 3.91. The van der Waals surface area contributed by atoms with Gasteiger partial charge in [-0.25, -0.2) is 9.50 Å². The lowest BCUT2D eigenvalue weighted by Crippen LogP contribution is -2.51. The molecule has 39 heavy (non-hydrogen) atoms. The molecule has 2 atom stereocenters. The van der Waals surface area contributed by atoms with E-state index < -0.39 is 6.10 Å². The number of aromatic nitrogens is 5. The van der Waals surface area contributed by atoms with E-state index in [1.165, 1.54) is 0 Å². The molecule has 1 saturated heterocycles. The van der Waals surface area contributed by atoms with Crippen LogP contribution in [0, 0.1) is 11.3 Å². The van der Waals surface area contributed by atoms with Gasteiger partial charge in [-0.3, -0.25) is 9.58 Å². The second-order valence-corrected chi connectivity index (χ2v) is 10.0. The Morgan fingerprint density at radius 2 is 1.69 bits per heavy atom. The van der Waals surface area contributed by atoms with Gasteiger partial charge < -0.3 is 10.0 Å². The molecule has 0 spiro atoms. The summed E-state index contributed by atoms with van der Waals surface area (Å²) in [5, 5.41) is 29.3. The van der Waals surface area contributed by atoms with E-state index in [1.807, 2.05) is 68.2 Å². The van der Waals surface area contributed by atoms with Crippen LogP contribution in [0.4, 0.5) is 5.82 Å². The fraction of sp³-hybridized carbons (Fsp3) is 0.267. The molecule has 0 bridgehead atoms. The third-order valence-electron chi connectivity index (χ3n) is 7.64. The molecule has 0 radical (unpaired) electrons. The van der Waals surface area contributed by atoms with E-state index in [1.54, 1.807) is 15.4 Å². The van der Waals surface area contributed by atoms with Crippen molar-refractivity contribution in [2.45, 2.75) is 19.1 Å². The molecule has 0 amide bonds. The van der Waals surface area contributed by atoms with Crippen molar-refractivity contribution in [1.82, 2.24) is 29.3 Å². The maximum atomic E-state index is 10.9. The molecule has 0 saturated carbocycles. The quantitative estimate of drug-likeness (QED) is 0.364. The second-order valence-electron chi connectivity index (χ2n) is 10.0. The van der Waals surface area contributed by atoms with Crippen molar-refractivity contribution < 1.29 is 5.11 Å². The van der Waals surface area contributed by atoms with Gasteiger partial charge in [0.25, 0.3) is 0 Å². The molecule has 9 heteroatoms. The Morgan fingerprint density at radius 3 is 2.36 bits per heavy atom. The molecule has 0 unspecified atom stereocenters. The number of aliphatic hydroxyl groups is 1. The SMILES string of the molecule is C[C@H]([C@H](O)c1ccccc1)N1CCN(c2ccc(-c3cc(-c4cnn(C)c4)cn4ncc(C#N)c34)cn2)CC1. The van der Waals surface area contributed by atoms with E-state index in [0.29, 0.717) is 5.56 Å². The number of benzene rings is 1. The summed E-state index contributed by atoms with van der Waals surface area (Å²) < 4.78 is 3.52. The topological polar surface area (TPSA) is 98.5 Å². The summed E-state index contributed by atoms with van der Waals surface area (Å²) in [6.45, 7) is 5.46. The largest absolute Gasteiger partial charge is 0.387 e. The van der Waals surface area contributed by atoms with Crippen molar-refractivity contribution in [3.63, 3.8) is 0 Å². The van der Waals surface area contributed by atoms with Crippen LogP contribution >= 0.6 is 0 Å². The number of hydrogen-bond acceptors (Lipinski definition) is 7. The van der Waals surface area contributed by atoms with Gasteiger partial charge in [-0.2, -0.15) is 15.5 Å². The highest BCUT2D eigenvalue weighted by Crippen LogP contribution is 2.32. The Kier molecular flexibility index (Phi) is 6.57. The number of aliphatic hydroxyl groups excluding tert-OH is 1. The molecule has 1 N–H and O–H groups in total. The second kappa shape index (κ2) is 10.3. The van der Waals surface area contributed by atoms with Crippen LogP contribution in [0.3, 0.4) is 0 Å². The predicted molar refractivity (Wildman–Crippen MR) is 150 cm³/mol. The molecule has 5 heterocycles. The normalized spacial score (nSPS) is 15.8. The number of nitrogens with zero attached hydrogens (tertiary/aromatic N) is 8. The van der Waals surface area contributed by atoms with Gasteiger partial charge in [-0.1, -0.05) is 30.3 Å². The zero-order chi connectivity index (χ0) is 26.9. The Bertz CT molecular complexity index is 1630. The van der Waals surface area contributed by atoms with Crippen LogP contribution in [0.2, 0.25) is 0 Å². The van der Waals surface area contributed by atoms with Crippen LogP contribution < -0.4 is 4.90 Å². The number of fused-ring (bicyclic) bond motifs is 1. The van der Waals surface area contributed by atoms with Gasteiger partial charge in [0.15, 0.2) is 0 Å². The number of rotatable bonds is 6. The molecule has 1 aliphatic heterocycles. The Labute approximate surface area is 227 Å². The Morgan fingerprint density at radius 1 is 0.897 bits per heavy atom. The van der Waals surface area contributed by atoms with Crippen LogP contribution in [0.25, 0.3) is 27.8 Å². The van der Waals surface area contributed by atoms with Crippen molar-refractivity contribution >= 4 is 11.3 Å². The number of piperazine rings is 1. The molecule has 6 rings (SSSR count). The first-order valence-corrected chi connectivity index (χ1v) is 13.1. The monoisotopic (exact) mass is 518 g/mol. The van der Waals surface area contributed by atoms with Crippen LogP contribution in [0.15, 0.2) is 79.5 Å². The molecular weight excluding hydrogens is 488 g/mol. The maximum Gasteiger partial charge on any atom is 0.128 e. The summed E-state index contributed by atoms with van der Waals surface area (Å²) >= 11 is 0. The number of hydrogen-bond donors (Lipinski definition) is 1. The number of pyridine rings is 2. The van der Waals surface area contributed by atoms with Gasteiger partial charge in [0, 0.05) is 80.1 Å². The average molecular weight is 519 g/mol. The number of nitriles is 1. The highest BCUT2D eigenvalue weighted by molar-refractivity contribution is 5.87. The van der Waals surface area contributed by atoms with E-state index in [0.717, 1.165) is 65.3 Å². The van der Waals surface area contributed by atoms with Crippen molar-refractivity contribution in [2.75, 3.05) is 31.1 Å². The van der Waals surface area contributed by atoms with Crippen LogP contribution in [0.5, 0.6) is 0 Å². The minimum absolute atomic E-state index is 0.0318. The summed E-state index contributed by atoms with van der Waals surface area (Å²) in [4.78, 5) is 9.43. The lowest BCUT2D eigenvalue weighted by Gasteiger charge is -2.40. The van der Waals surface area contributed by atoms with E-state index in [2.05, 4.69) is 45.1 Å². The first kappa shape index (κ1) is 24.8. The highest BCUT2D eigenvalue weighted by atomic mass is 16.3. The molecule has 1 aliphatic rings. The van der Waals surface area contributed by atoms with Gasteiger partial charge in [-0.05, 0) is 30.7 Å². The van der Waals surface area contributed by atoms with Crippen LogP contribution in [-0.4, -0.2) is 66.6 Å². The van der Waals surface area contributed by atoms with E-state index >= 15 is 0 Å². The van der Waals surface area contributed by atoms with Crippen molar-refractivity contribution in [3.05, 3.63) is 90.6 Å². The van der Waals surface area contributed by atoms with Crippen molar-refractivity contribution in [2.24, 2.45) is 7.05 Å². The lowest BCUT2D eigenvalue weighted by atomic mass is 10.0. The zero-order valence-electron chi connectivity index (χ0n) is 22.0. The Balaban J connectivity index is 1.21. The van der Waals surface area contributed by atoms with E-state index in [-0.39, 0.29) is 6.04 Å². The molecule has 1 fully saturated rings. The molecule has 1 aromatic carbocycles. The van der Waals surface area contributed by atoms with Gasteiger partial charge in [0.2, 0.25) is 0 Å². The van der Waals surface area contributed by atoms with Crippen LogP contribution in [0.1, 0.15) is 24.2 Å². The summed E-state index contributed by atoms with van der Waals surface area (Å²) in [5.41, 5.74) is 6.00. The van der Waals surface area contributed by atoms with E-state index in [9.17, 15) is 10.4 Å². The zero-order valence-corrected chi connectivity index (χ0v) is 22.0. The number of aryl methyl sites for hydroxylation is 1. The van der Waals surface area contributed by atoms with Gasteiger partial charge >= 0.3 is 0 Å². The molecular formula is C30H30N8O. The number of anilines is 1. The molecule has 4 aromatic heterocycles. The smallest absolute Gasteiger partial charge is 0.128 e. The molecule has 9 nitrogen and oxygen atoms in total. The average Bonchev–Trinajstić information content (AvgIpc) is 3.62. The summed E-state index contributed by atoms with van der Waals surface area (Å²) in [5.74, 6) is 0.920. The van der Waals surface area contributed by atoms with Gasteiger partial charge in [-0.15, -0.1) is 0 Å². The summed E-state index contributed by atoms with van der Waals surface area (Å²) in [6, 6.07) is 18.3. The van der Waals surface area contributed by atoms with Crippen molar-refractivity contribution in [1.29, 1.82) is 5.26 Å². The van der Waals surface area contributed by atoms with Gasteiger partial charge in [0.05, 0.1) is 29.6 Å². The highest BCUT2D eigenvalue weighted by Gasteiger charge is 2.27. The molecule has 0 aliphatic carbocycles. The van der Waals surface area contributed by atoms with Crippen LogP contribution in [-0.2, 0) is 7.05 Å². The fourth-order valence-electron chi connectivity index (χ4n) is 5.37. The van der Waals surface area contributed by atoms with Crippen molar-refractivity contribution in [3.8, 4) is 28.3 Å². The molecule has 196 valence electrons. The summed E-state index contributed by atoms with van der Waals surface area (Å²) in [7, 11) is 1.89. The Hall–Kier alpha value is -4.52. The third-order valence-corrected chi connectivity index (χ3v) is 7.64. The first-order valence-electron chi connectivity index (χ1n) is 13.1. The third kappa shape index (κ3) is 4.76. The molecule has 5 aromatic rings. The van der Waals surface area contributed by atoms with E-state index in [4.69, 9.17) is 4.98 Å². The summed E-state index contributed by atoms with van der Waals surface area (Å²) in [6.07, 6.45) is 8.66. The minimum Gasteiger partial charge on any atom is -0.387 e. The van der Waals surface area contributed by atoms with Gasteiger partial charge in [0.1, 0.15) is 11.9 Å². The first-order chi connectivity index (χ1) is 19.0.